The van der Waals surface area contributed by atoms with E-state index in [2.05, 4.69) is 26.7 Å². The van der Waals surface area contributed by atoms with Crippen LogP contribution >= 0.6 is 0 Å². The topological polar surface area (TPSA) is 86.8 Å². The number of piperidine rings is 1. The molecular weight excluding hydrogens is 482 g/mol. The fraction of sp³-hybridized carbons (Fsp3) is 0.407. The zero-order valence-electron chi connectivity index (χ0n) is 21.0. The second kappa shape index (κ2) is 10.8. The molecule has 3 aromatic rings. The summed E-state index contributed by atoms with van der Waals surface area (Å²) in [6.45, 7) is -0.390. The number of ether oxygens (including phenoxy) is 4. The van der Waals surface area contributed by atoms with Gasteiger partial charge in [0.2, 0.25) is 5.95 Å². The standard InChI is InChI=1S/C27H30F2N4O4/c1-34-22-10-18(6-7-20(22)15-8-16-4-5-17(9-15)32-16)33-27-30-12-19(13-31-27)37-14-21-25(28)23(35-2)11-24(36-3)26(21)29/h6-7,10-13,15-17,32H,4-5,8-9,14H2,1-3H3,(H,30,31,33). The molecule has 2 fully saturated rings. The second-order valence-electron chi connectivity index (χ2n) is 9.31. The Morgan fingerprint density at radius 1 is 0.892 bits per heavy atom. The van der Waals surface area contributed by atoms with Gasteiger partial charge in [0.25, 0.3) is 0 Å². The lowest BCUT2D eigenvalue weighted by Gasteiger charge is -2.30. The van der Waals surface area contributed by atoms with E-state index >= 15 is 0 Å². The Labute approximate surface area is 214 Å². The molecule has 8 nitrogen and oxygen atoms in total. The van der Waals surface area contributed by atoms with Crippen LogP contribution in [0.15, 0.2) is 36.7 Å². The first-order chi connectivity index (χ1) is 18.0. The van der Waals surface area contributed by atoms with E-state index in [9.17, 15) is 8.78 Å². The van der Waals surface area contributed by atoms with Gasteiger partial charge in [-0.1, -0.05) is 6.07 Å². The third-order valence-electron chi connectivity index (χ3n) is 7.08. The number of benzene rings is 2. The second-order valence-corrected chi connectivity index (χ2v) is 9.31. The number of hydrogen-bond acceptors (Lipinski definition) is 8. The van der Waals surface area contributed by atoms with Crippen LogP contribution in [-0.2, 0) is 6.61 Å². The predicted octanol–water partition coefficient (Wildman–Crippen LogP) is 5.10. The molecular formula is C27H30F2N4O4. The van der Waals surface area contributed by atoms with E-state index in [0.29, 0.717) is 23.9 Å². The van der Waals surface area contributed by atoms with Gasteiger partial charge in [-0.3, -0.25) is 0 Å². The van der Waals surface area contributed by atoms with Crippen molar-refractivity contribution in [1.29, 1.82) is 0 Å². The van der Waals surface area contributed by atoms with E-state index in [-0.39, 0.29) is 22.8 Å². The quantitative estimate of drug-likeness (QED) is 0.410. The number of nitrogens with one attached hydrogen (secondary N) is 2. The number of hydrogen-bond donors (Lipinski definition) is 2. The SMILES string of the molecule is COc1cc(Nc2ncc(OCc3c(F)c(OC)cc(OC)c3F)cn2)ccc1C1CC2CCC(C1)N2. The van der Waals surface area contributed by atoms with Gasteiger partial charge in [0.1, 0.15) is 12.4 Å². The van der Waals surface area contributed by atoms with Crippen LogP contribution in [0.5, 0.6) is 23.0 Å². The first-order valence-electron chi connectivity index (χ1n) is 12.2. The number of rotatable bonds is 9. The average molecular weight is 513 g/mol. The van der Waals surface area contributed by atoms with Crippen molar-refractivity contribution in [1.82, 2.24) is 15.3 Å². The largest absolute Gasteiger partial charge is 0.496 e. The lowest BCUT2D eigenvalue weighted by atomic mass is 9.85. The summed E-state index contributed by atoms with van der Waals surface area (Å²) in [5, 5.41) is 6.85. The molecule has 2 aliphatic rings. The van der Waals surface area contributed by atoms with Crippen molar-refractivity contribution in [3.63, 3.8) is 0 Å². The van der Waals surface area contributed by atoms with Gasteiger partial charge < -0.3 is 29.6 Å². The Hall–Kier alpha value is -3.66. The minimum atomic E-state index is -0.852. The number of fused-ring (bicyclic) bond motifs is 2. The summed E-state index contributed by atoms with van der Waals surface area (Å²) in [6, 6.07) is 8.40. The summed E-state index contributed by atoms with van der Waals surface area (Å²) in [5.41, 5.74) is 1.70. The van der Waals surface area contributed by atoms with E-state index in [1.54, 1.807) is 7.11 Å². The molecule has 2 saturated heterocycles. The zero-order valence-corrected chi connectivity index (χ0v) is 21.0. The minimum absolute atomic E-state index is 0.137. The maximum Gasteiger partial charge on any atom is 0.227 e. The Morgan fingerprint density at radius 2 is 1.51 bits per heavy atom. The predicted molar refractivity (Wildman–Crippen MR) is 134 cm³/mol. The number of methoxy groups -OCH3 is 3. The van der Waals surface area contributed by atoms with E-state index in [0.717, 1.165) is 30.3 Å². The third-order valence-corrected chi connectivity index (χ3v) is 7.08. The first kappa shape index (κ1) is 25.0. The number of anilines is 2. The van der Waals surface area contributed by atoms with Crippen molar-refractivity contribution in [2.75, 3.05) is 26.6 Å². The summed E-state index contributed by atoms with van der Waals surface area (Å²) in [7, 11) is 4.27. The van der Waals surface area contributed by atoms with Crippen LogP contribution in [0.25, 0.3) is 0 Å². The summed E-state index contributed by atoms with van der Waals surface area (Å²) in [6.07, 6.45) is 7.61. The smallest absolute Gasteiger partial charge is 0.227 e. The molecule has 2 bridgehead atoms. The lowest BCUT2D eigenvalue weighted by Crippen LogP contribution is -2.37. The minimum Gasteiger partial charge on any atom is -0.496 e. The lowest BCUT2D eigenvalue weighted by molar-refractivity contribution is 0.280. The number of halogens is 2. The molecule has 196 valence electrons. The normalized spacial score (nSPS) is 20.4. The summed E-state index contributed by atoms with van der Waals surface area (Å²) in [5.74, 6) is -0.0574. The van der Waals surface area contributed by atoms with Crippen molar-refractivity contribution >= 4 is 11.6 Å². The Bertz CT molecular complexity index is 1220. The highest BCUT2D eigenvalue weighted by Gasteiger charge is 2.35. The van der Waals surface area contributed by atoms with Gasteiger partial charge in [-0.15, -0.1) is 0 Å². The molecule has 5 rings (SSSR count). The Kier molecular flexibility index (Phi) is 7.27. The molecule has 2 aliphatic heterocycles. The van der Waals surface area contributed by atoms with E-state index in [4.69, 9.17) is 18.9 Å². The van der Waals surface area contributed by atoms with E-state index in [1.165, 1.54) is 45.0 Å². The van der Waals surface area contributed by atoms with Gasteiger partial charge in [0.05, 0.1) is 39.3 Å². The molecule has 2 N–H and O–H groups in total. The third kappa shape index (κ3) is 5.24. The molecule has 0 spiro atoms. The van der Waals surface area contributed by atoms with Crippen LogP contribution in [0, 0.1) is 11.6 Å². The summed E-state index contributed by atoms with van der Waals surface area (Å²) in [4.78, 5) is 8.52. The molecule has 2 atom stereocenters. The molecule has 2 aromatic carbocycles. The van der Waals surface area contributed by atoms with Crippen LogP contribution in [-0.4, -0.2) is 43.4 Å². The maximum absolute atomic E-state index is 14.6. The molecule has 0 saturated carbocycles. The van der Waals surface area contributed by atoms with Gasteiger partial charge in [-0.2, -0.15) is 0 Å². The van der Waals surface area contributed by atoms with Crippen molar-refractivity contribution in [3.05, 3.63) is 59.4 Å². The average Bonchev–Trinajstić information content (AvgIpc) is 3.26. The molecule has 37 heavy (non-hydrogen) atoms. The van der Waals surface area contributed by atoms with Crippen molar-refractivity contribution in [2.24, 2.45) is 0 Å². The Morgan fingerprint density at radius 3 is 2.11 bits per heavy atom. The highest BCUT2D eigenvalue weighted by molar-refractivity contribution is 5.58. The highest BCUT2D eigenvalue weighted by atomic mass is 19.1. The molecule has 0 radical (unpaired) electrons. The zero-order chi connectivity index (χ0) is 25.9. The molecule has 1 aromatic heterocycles. The molecule has 0 aliphatic carbocycles. The monoisotopic (exact) mass is 512 g/mol. The number of aromatic nitrogens is 2. The van der Waals surface area contributed by atoms with Crippen LogP contribution < -0.4 is 29.6 Å². The van der Waals surface area contributed by atoms with Crippen molar-refractivity contribution in [2.45, 2.75) is 50.3 Å². The molecule has 10 heteroatoms. The van der Waals surface area contributed by atoms with Gasteiger partial charge >= 0.3 is 0 Å². The number of nitrogens with zero attached hydrogens (tertiary/aromatic N) is 2. The molecule has 3 heterocycles. The molecule has 0 amide bonds. The fourth-order valence-corrected chi connectivity index (χ4v) is 5.24. The van der Waals surface area contributed by atoms with Crippen LogP contribution in [0.1, 0.15) is 42.7 Å². The van der Waals surface area contributed by atoms with Gasteiger partial charge in [0, 0.05) is 29.9 Å². The summed E-state index contributed by atoms with van der Waals surface area (Å²) >= 11 is 0. The van der Waals surface area contributed by atoms with Crippen molar-refractivity contribution in [3.8, 4) is 23.0 Å². The van der Waals surface area contributed by atoms with Crippen LogP contribution in [0.2, 0.25) is 0 Å². The Balaban J connectivity index is 1.25. The summed E-state index contributed by atoms with van der Waals surface area (Å²) < 4.78 is 50.3. The molecule has 2 unspecified atom stereocenters. The highest BCUT2D eigenvalue weighted by Crippen LogP contribution is 2.41. The first-order valence-corrected chi connectivity index (χ1v) is 12.2. The van der Waals surface area contributed by atoms with Crippen LogP contribution in [0.4, 0.5) is 20.4 Å². The van der Waals surface area contributed by atoms with E-state index in [1.807, 2.05) is 12.1 Å². The van der Waals surface area contributed by atoms with Gasteiger partial charge in [-0.25, -0.2) is 18.7 Å². The van der Waals surface area contributed by atoms with Crippen LogP contribution in [0.3, 0.4) is 0 Å². The van der Waals surface area contributed by atoms with Crippen molar-refractivity contribution < 1.29 is 27.7 Å². The fourth-order valence-electron chi connectivity index (χ4n) is 5.24. The van der Waals surface area contributed by atoms with E-state index < -0.39 is 18.2 Å². The van der Waals surface area contributed by atoms with Gasteiger partial charge in [-0.05, 0) is 43.2 Å². The van der Waals surface area contributed by atoms with Gasteiger partial charge in [0.15, 0.2) is 28.9 Å². The maximum atomic E-state index is 14.6.